The molecule has 3 heterocycles. The predicted molar refractivity (Wildman–Crippen MR) is 72.7 cm³/mol. The lowest BCUT2D eigenvalue weighted by Crippen LogP contribution is -2.71. The fraction of sp³-hybridized carbons (Fsp3) is 0.385. The first-order valence-corrected chi connectivity index (χ1v) is 6.25. The summed E-state index contributed by atoms with van der Waals surface area (Å²) in [5.74, 6) is 2.40. The molecule has 4 atom stereocenters. The molecule has 5 N–H and O–H groups in total. The number of anilines is 1. The molecule has 0 saturated carbocycles. The normalized spacial score (nSPS) is 29.8. The minimum atomic E-state index is -1.61. The van der Waals surface area contributed by atoms with E-state index < -0.39 is 30.6 Å². The third-order valence-corrected chi connectivity index (χ3v) is 3.73. The highest BCUT2D eigenvalue weighted by Gasteiger charge is 2.61. The molecule has 2 aromatic heterocycles. The number of hydrogen-bond acceptors (Lipinski definition) is 7. The molecule has 1 aliphatic rings. The van der Waals surface area contributed by atoms with Crippen LogP contribution < -0.4 is 5.73 Å². The summed E-state index contributed by atoms with van der Waals surface area (Å²) in [4.78, 5) is 7.96. The van der Waals surface area contributed by atoms with Gasteiger partial charge in [0.2, 0.25) is 5.72 Å². The molecule has 0 bridgehead atoms. The molecule has 0 unspecified atom stereocenters. The fourth-order valence-corrected chi connectivity index (χ4v) is 2.64. The molecule has 1 fully saturated rings. The minimum Gasteiger partial charge on any atom is -0.394 e. The van der Waals surface area contributed by atoms with Crippen LogP contribution in [0.4, 0.5) is 5.82 Å². The van der Waals surface area contributed by atoms with Gasteiger partial charge in [-0.1, -0.05) is 5.92 Å². The van der Waals surface area contributed by atoms with E-state index in [0.29, 0.717) is 11.0 Å². The van der Waals surface area contributed by atoms with Crippen molar-refractivity contribution < 1.29 is 20.1 Å². The van der Waals surface area contributed by atoms with Gasteiger partial charge in [-0.3, -0.25) is 4.57 Å². The highest BCUT2D eigenvalue weighted by atomic mass is 16.6. The Hall–Kier alpha value is -2.18. The van der Waals surface area contributed by atoms with Crippen LogP contribution in [0.2, 0.25) is 0 Å². The third kappa shape index (κ3) is 1.66. The molecule has 0 aromatic carbocycles. The van der Waals surface area contributed by atoms with E-state index in [0.717, 1.165) is 0 Å². The van der Waals surface area contributed by atoms with Gasteiger partial charge in [-0.05, 0) is 6.07 Å². The van der Waals surface area contributed by atoms with Crippen LogP contribution >= 0.6 is 0 Å². The molecular formula is C13H14N4O4. The van der Waals surface area contributed by atoms with Crippen LogP contribution in [0.3, 0.4) is 0 Å². The van der Waals surface area contributed by atoms with Crippen LogP contribution in [0.25, 0.3) is 11.0 Å². The van der Waals surface area contributed by atoms with Crippen LogP contribution in [-0.2, 0) is 10.5 Å². The Morgan fingerprint density at radius 2 is 2.33 bits per heavy atom. The number of ether oxygens (including phenoxy) is 1. The fourth-order valence-electron chi connectivity index (χ4n) is 2.64. The van der Waals surface area contributed by atoms with Gasteiger partial charge < -0.3 is 25.8 Å². The van der Waals surface area contributed by atoms with E-state index in [1.165, 1.54) is 10.9 Å². The topological polar surface area (TPSA) is 127 Å². The average Bonchev–Trinajstić information content (AvgIpc) is 2.92. The second-order valence-electron chi connectivity index (χ2n) is 4.79. The first kappa shape index (κ1) is 13.8. The quantitative estimate of drug-likeness (QED) is 0.502. The van der Waals surface area contributed by atoms with Crippen molar-refractivity contribution in [3.05, 3.63) is 18.6 Å². The van der Waals surface area contributed by atoms with Crippen molar-refractivity contribution in [1.82, 2.24) is 14.5 Å². The lowest BCUT2D eigenvalue weighted by atomic mass is 9.88. The number of nitrogen functional groups attached to an aromatic ring is 1. The molecule has 8 nitrogen and oxygen atoms in total. The number of hydrogen-bond donors (Lipinski definition) is 4. The molecule has 2 aromatic rings. The Labute approximate surface area is 119 Å². The zero-order chi connectivity index (χ0) is 15.2. The highest BCUT2D eigenvalue weighted by Crippen LogP contribution is 2.42. The summed E-state index contributed by atoms with van der Waals surface area (Å²) >= 11 is 0. The molecule has 0 radical (unpaired) electrons. The van der Waals surface area contributed by atoms with Crippen molar-refractivity contribution in [1.29, 1.82) is 0 Å². The van der Waals surface area contributed by atoms with Crippen molar-refractivity contribution in [2.24, 2.45) is 0 Å². The number of aromatic nitrogens is 3. The van der Waals surface area contributed by atoms with E-state index in [1.807, 2.05) is 0 Å². The van der Waals surface area contributed by atoms with E-state index in [1.54, 1.807) is 12.3 Å². The zero-order valence-corrected chi connectivity index (χ0v) is 10.9. The monoisotopic (exact) mass is 290 g/mol. The highest BCUT2D eigenvalue weighted by molar-refractivity contribution is 5.86. The predicted octanol–water partition coefficient (Wildman–Crippen LogP) is -1.59. The summed E-state index contributed by atoms with van der Waals surface area (Å²) < 4.78 is 6.92. The Bertz CT molecular complexity index is 725. The standard InChI is InChI=1S/C13H14N4O4/c1-2-9(19)13(10(20)8(5-18)21-13)17-4-3-7-11(14)15-6-16-12(7)17/h1,3-4,6,8-10,18-20H,5H2,(H2,14,15,16)/t8-,9+,10-,13-/m1/s1. The lowest BCUT2D eigenvalue weighted by Gasteiger charge is -2.53. The number of aliphatic hydroxyl groups excluding tert-OH is 3. The van der Waals surface area contributed by atoms with E-state index in [-0.39, 0.29) is 5.82 Å². The summed E-state index contributed by atoms with van der Waals surface area (Å²) in [5, 5.41) is 30.1. The van der Waals surface area contributed by atoms with Gasteiger partial charge in [0.05, 0.1) is 12.0 Å². The molecule has 0 aliphatic carbocycles. The van der Waals surface area contributed by atoms with Crippen LogP contribution in [0.5, 0.6) is 0 Å². The number of terminal acetylenes is 1. The van der Waals surface area contributed by atoms with Crippen LogP contribution in [0.15, 0.2) is 18.6 Å². The second-order valence-corrected chi connectivity index (χ2v) is 4.79. The van der Waals surface area contributed by atoms with Gasteiger partial charge >= 0.3 is 0 Å². The largest absolute Gasteiger partial charge is 0.394 e. The Morgan fingerprint density at radius 3 is 2.95 bits per heavy atom. The van der Waals surface area contributed by atoms with Gasteiger partial charge in [-0.2, -0.15) is 0 Å². The molecule has 1 saturated heterocycles. The summed E-state index contributed by atoms with van der Waals surface area (Å²) in [6.45, 7) is -0.392. The number of rotatable bonds is 3. The minimum absolute atomic E-state index is 0.261. The molecule has 21 heavy (non-hydrogen) atoms. The second kappa shape index (κ2) is 4.68. The van der Waals surface area contributed by atoms with Gasteiger partial charge in [-0.25, -0.2) is 9.97 Å². The van der Waals surface area contributed by atoms with Gasteiger partial charge in [0.15, 0.2) is 6.10 Å². The van der Waals surface area contributed by atoms with Crippen LogP contribution in [0.1, 0.15) is 0 Å². The summed E-state index contributed by atoms with van der Waals surface area (Å²) in [6.07, 6.45) is 4.63. The van der Waals surface area contributed by atoms with Crippen molar-refractivity contribution in [2.75, 3.05) is 12.3 Å². The van der Waals surface area contributed by atoms with Gasteiger partial charge in [0, 0.05) is 6.20 Å². The molecular weight excluding hydrogens is 276 g/mol. The summed E-state index contributed by atoms with van der Waals surface area (Å²) in [6, 6.07) is 1.64. The van der Waals surface area contributed by atoms with Crippen molar-refractivity contribution in [3.63, 3.8) is 0 Å². The molecule has 1 aliphatic heterocycles. The first-order valence-electron chi connectivity index (χ1n) is 6.25. The van der Waals surface area contributed by atoms with Gasteiger partial charge in [-0.15, -0.1) is 6.42 Å². The van der Waals surface area contributed by atoms with Crippen molar-refractivity contribution >= 4 is 16.9 Å². The Morgan fingerprint density at radius 1 is 1.57 bits per heavy atom. The molecule has 0 spiro atoms. The molecule has 8 heteroatoms. The van der Waals surface area contributed by atoms with E-state index in [9.17, 15) is 10.2 Å². The Balaban J connectivity index is 2.18. The van der Waals surface area contributed by atoms with Crippen LogP contribution in [-0.4, -0.2) is 54.8 Å². The third-order valence-electron chi connectivity index (χ3n) is 3.73. The maximum absolute atomic E-state index is 10.3. The Kier molecular flexibility index (Phi) is 3.07. The van der Waals surface area contributed by atoms with Gasteiger partial charge in [0.1, 0.15) is 30.0 Å². The molecule has 0 amide bonds. The number of fused-ring (bicyclic) bond motifs is 1. The SMILES string of the molecule is C#C[C@H](O)[C@@]1(n2ccc3c(N)ncnc32)O[C@H](CO)[C@H]1O. The smallest absolute Gasteiger partial charge is 0.213 e. The maximum atomic E-state index is 10.3. The van der Waals surface area contributed by atoms with E-state index in [2.05, 4.69) is 15.9 Å². The van der Waals surface area contributed by atoms with Gasteiger partial charge in [0.25, 0.3) is 0 Å². The van der Waals surface area contributed by atoms with Crippen LogP contribution in [0, 0.1) is 12.3 Å². The molecule has 110 valence electrons. The van der Waals surface area contributed by atoms with Crippen molar-refractivity contribution in [2.45, 2.75) is 24.0 Å². The summed E-state index contributed by atoms with van der Waals surface area (Å²) in [7, 11) is 0. The van der Waals surface area contributed by atoms with E-state index in [4.69, 9.17) is 22.0 Å². The average molecular weight is 290 g/mol. The lowest BCUT2D eigenvalue weighted by molar-refractivity contribution is -0.360. The zero-order valence-electron chi connectivity index (χ0n) is 10.9. The van der Waals surface area contributed by atoms with Crippen molar-refractivity contribution in [3.8, 4) is 12.3 Å². The molecule has 3 rings (SSSR count). The first-order chi connectivity index (χ1) is 10.1. The number of nitrogens with zero attached hydrogens (tertiary/aromatic N) is 3. The maximum Gasteiger partial charge on any atom is 0.213 e. The number of aliphatic hydroxyl groups is 3. The number of nitrogens with two attached hydrogens (primary N) is 1. The van der Waals surface area contributed by atoms with E-state index >= 15 is 0 Å². The summed E-state index contributed by atoms with van der Waals surface area (Å²) in [5.41, 5.74) is 4.52.